The van der Waals surface area contributed by atoms with Gasteiger partial charge in [0.2, 0.25) is 0 Å². The number of carbonyl (C=O) groups excluding carboxylic acids is 1. The lowest BCUT2D eigenvalue weighted by Gasteiger charge is -2.15. The summed E-state index contributed by atoms with van der Waals surface area (Å²) >= 11 is 0. The first-order valence-corrected chi connectivity index (χ1v) is 10.8. The summed E-state index contributed by atoms with van der Waals surface area (Å²) in [6.07, 6.45) is 3.43. The average Bonchev–Trinajstić information content (AvgIpc) is 2.96. The van der Waals surface area contributed by atoms with Crippen molar-refractivity contribution in [3.05, 3.63) is 82.8 Å². The van der Waals surface area contributed by atoms with Crippen LogP contribution in [0.25, 0.3) is 16.9 Å². The van der Waals surface area contributed by atoms with E-state index in [1.54, 1.807) is 6.07 Å². The standard InChI is InChI=1S/C25H25N5O2/c1-16-15-30-20(8-5-9-21(30)23(26)31)22(16)25-28-19-11-13-32-12-10-18(19)24(29-25)27-14-17-6-3-2-4-7-17/h2-9,15H,10-14H2,1H3,(H2,26,31)(H,27,28,29). The molecule has 1 aliphatic heterocycles. The first-order valence-electron chi connectivity index (χ1n) is 10.8. The lowest BCUT2D eigenvalue weighted by Crippen LogP contribution is -2.15. The van der Waals surface area contributed by atoms with Crippen LogP contribution >= 0.6 is 0 Å². The summed E-state index contributed by atoms with van der Waals surface area (Å²) in [5, 5.41) is 3.53. The maximum absolute atomic E-state index is 11.9. The van der Waals surface area contributed by atoms with E-state index in [1.165, 1.54) is 5.56 Å². The molecule has 5 rings (SSSR count). The monoisotopic (exact) mass is 427 g/mol. The molecule has 1 aliphatic rings. The molecule has 0 radical (unpaired) electrons. The van der Waals surface area contributed by atoms with E-state index in [4.69, 9.17) is 20.4 Å². The summed E-state index contributed by atoms with van der Waals surface area (Å²) in [5.74, 6) is 1.01. The number of hydrogen-bond acceptors (Lipinski definition) is 5. The number of nitrogens with zero attached hydrogens (tertiary/aromatic N) is 3. The Morgan fingerprint density at radius 1 is 1.09 bits per heavy atom. The molecule has 3 aromatic heterocycles. The van der Waals surface area contributed by atoms with Gasteiger partial charge >= 0.3 is 0 Å². The van der Waals surface area contributed by atoms with Gasteiger partial charge in [-0.3, -0.25) is 4.79 Å². The summed E-state index contributed by atoms with van der Waals surface area (Å²) in [7, 11) is 0. The molecule has 4 heterocycles. The van der Waals surface area contributed by atoms with Gasteiger partial charge in [-0.25, -0.2) is 9.97 Å². The lowest BCUT2D eigenvalue weighted by molar-refractivity contribution is 0.0994. The fourth-order valence-electron chi connectivity index (χ4n) is 4.30. The smallest absolute Gasteiger partial charge is 0.265 e. The summed E-state index contributed by atoms with van der Waals surface area (Å²) in [6, 6.07) is 15.8. The molecular formula is C25H25N5O2. The highest BCUT2D eigenvalue weighted by molar-refractivity contribution is 5.93. The molecule has 0 aliphatic carbocycles. The van der Waals surface area contributed by atoms with Crippen molar-refractivity contribution >= 4 is 17.2 Å². The van der Waals surface area contributed by atoms with Crippen LogP contribution in [0.5, 0.6) is 0 Å². The molecule has 32 heavy (non-hydrogen) atoms. The van der Waals surface area contributed by atoms with Crippen molar-refractivity contribution in [2.75, 3.05) is 18.5 Å². The normalized spacial score (nSPS) is 13.5. The Kier molecular flexibility index (Phi) is 5.33. The van der Waals surface area contributed by atoms with Crippen molar-refractivity contribution in [2.45, 2.75) is 26.3 Å². The minimum Gasteiger partial charge on any atom is -0.381 e. The molecule has 0 fully saturated rings. The van der Waals surface area contributed by atoms with Gasteiger partial charge in [-0.1, -0.05) is 36.4 Å². The zero-order chi connectivity index (χ0) is 22.1. The van der Waals surface area contributed by atoms with E-state index in [0.717, 1.165) is 46.6 Å². The van der Waals surface area contributed by atoms with E-state index >= 15 is 0 Å². The fourth-order valence-corrected chi connectivity index (χ4v) is 4.30. The number of nitrogens with one attached hydrogen (secondary N) is 1. The summed E-state index contributed by atoms with van der Waals surface area (Å²) in [5.41, 5.74) is 12.1. The zero-order valence-corrected chi connectivity index (χ0v) is 18.0. The minimum atomic E-state index is -0.470. The molecule has 7 heteroatoms. The van der Waals surface area contributed by atoms with Crippen LogP contribution in [-0.4, -0.2) is 33.5 Å². The zero-order valence-electron chi connectivity index (χ0n) is 18.0. The molecule has 7 nitrogen and oxygen atoms in total. The average molecular weight is 428 g/mol. The second-order valence-corrected chi connectivity index (χ2v) is 7.99. The number of fused-ring (bicyclic) bond motifs is 2. The van der Waals surface area contributed by atoms with E-state index in [2.05, 4.69) is 17.4 Å². The van der Waals surface area contributed by atoms with E-state index in [9.17, 15) is 4.79 Å². The first-order chi connectivity index (χ1) is 15.6. The number of ether oxygens (including phenoxy) is 1. The van der Waals surface area contributed by atoms with Gasteiger partial charge in [0.25, 0.3) is 5.91 Å². The molecule has 0 saturated heterocycles. The van der Waals surface area contributed by atoms with E-state index in [0.29, 0.717) is 31.3 Å². The Hall–Kier alpha value is -3.71. The van der Waals surface area contributed by atoms with Crippen molar-refractivity contribution < 1.29 is 9.53 Å². The van der Waals surface area contributed by atoms with Gasteiger partial charge in [0, 0.05) is 36.7 Å². The fraction of sp³-hybridized carbons (Fsp3) is 0.240. The molecule has 4 aromatic rings. The largest absolute Gasteiger partial charge is 0.381 e. The number of anilines is 1. The number of primary amides is 1. The topological polar surface area (TPSA) is 94.5 Å². The number of aryl methyl sites for hydroxylation is 1. The van der Waals surface area contributed by atoms with Crippen molar-refractivity contribution in [3.63, 3.8) is 0 Å². The van der Waals surface area contributed by atoms with Crippen LogP contribution in [0.4, 0.5) is 5.82 Å². The van der Waals surface area contributed by atoms with Gasteiger partial charge in [-0.15, -0.1) is 0 Å². The number of nitrogens with two attached hydrogens (primary N) is 1. The number of hydrogen-bond donors (Lipinski definition) is 2. The number of rotatable bonds is 5. The summed E-state index contributed by atoms with van der Waals surface area (Å²) in [6.45, 7) is 3.98. The Bertz CT molecular complexity index is 1300. The van der Waals surface area contributed by atoms with Gasteiger partial charge in [-0.2, -0.15) is 0 Å². The number of carbonyl (C=O) groups is 1. The third-order valence-corrected chi connectivity index (χ3v) is 5.85. The Morgan fingerprint density at radius 3 is 2.72 bits per heavy atom. The SMILES string of the molecule is Cc1cn2c(C(N)=O)cccc2c1-c1nc2c(c(NCc3ccccc3)n1)CCOCC2. The van der Waals surface area contributed by atoms with Crippen molar-refractivity contribution in [2.24, 2.45) is 5.73 Å². The maximum Gasteiger partial charge on any atom is 0.265 e. The van der Waals surface area contributed by atoms with Crippen LogP contribution in [-0.2, 0) is 24.1 Å². The van der Waals surface area contributed by atoms with Crippen LogP contribution in [0.3, 0.4) is 0 Å². The molecular weight excluding hydrogens is 402 g/mol. The number of benzene rings is 1. The van der Waals surface area contributed by atoms with E-state index < -0.39 is 5.91 Å². The Labute approximate surface area is 186 Å². The molecule has 0 spiro atoms. The molecule has 162 valence electrons. The summed E-state index contributed by atoms with van der Waals surface area (Å²) < 4.78 is 7.53. The van der Waals surface area contributed by atoms with Crippen LogP contribution in [0.15, 0.2) is 54.7 Å². The first kappa shape index (κ1) is 20.2. The van der Waals surface area contributed by atoms with Gasteiger partial charge in [-0.05, 0) is 30.2 Å². The van der Waals surface area contributed by atoms with Crippen molar-refractivity contribution in [1.29, 1.82) is 0 Å². The molecule has 3 N–H and O–H groups in total. The van der Waals surface area contributed by atoms with Crippen LogP contribution in [0.2, 0.25) is 0 Å². The second kappa shape index (κ2) is 8.43. The van der Waals surface area contributed by atoms with Gasteiger partial charge in [0.1, 0.15) is 11.5 Å². The minimum absolute atomic E-state index is 0.433. The number of amides is 1. The van der Waals surface area contributed by atoms with E-state index in [-0.39, 0.29) is 0 Å². The lowest BCUT2D eigenvalue weighted by atomic mass is 10.1. The van der Waals surface area contributed by atoms with Gasteiger partial charge in [0.15, 0.2) is 5.82 Å². The molecule has 1 amide bonds. The van der Waals surface area contributed by atoms with Crippen LogP contribution in [0.1, 0.15) is 32.9 Å². The van der Waals surface area contributed by atoms with E-state index in [1.807, 2.05) is 47.9 Å². The summed E-state index contributed by atoms with van der Waals surface area (Å²) in [4.78, 5) is 21.8. The van der Waals surface area contributed by atoms with Crippen LogP contribution < -0.4 is 11.1 Å². The van der Waals surface area contributed by atoms with Gasteiger partial charge in [0.05, 0.1) is 24.4 Å². The second-order valence-electron chi connectivity index (χ2n) is 7.99. The molecule has 0 unspecified atom stereocenters. The number of pyridine rings is 1. The van der Waals surface area contributed by atoms with Crippen LogP contribution in [0, 0.1) is 6.92 Å². The molecule has 1 aromatic carbocycles. The highest BCUT2D eigenvalue weighted by Crippen LogP contribution is 2.32. The van der Waals surface area contributed by atoms with Gasteiger partial charge < -0.3 is 20.2 Å². The Morgan fingerprint density at radius 2 is 1.91 bits per heavy atom. The quantitative estimate of drug-likeness (QED) is 0.508. The third kappa shape index (κ3) is 3.71. The van der Waals surface area contributed by atoms with Crippen molar-refractivity contribution in [1.82, 2.24) is 14.4 Å². The predicted octanol–water partition coefficient (Wildman–Crippen LogP) is 3.53. The highest BCUT2D eigenvalue weighted by Gasteiger charge is 2.21. The third-order valence-electron chi connectivity index (χ3n) is 5.85. The molecule has 0 bridgehead atoms. The Balaban J connectivity index is 1.63. The predicted molar refractivity (Wildman–Crippen MR) is 124 cm³/mol. The van der Waals surface area contributed by atoms with Crippen molar-refractivity contribution in [3.8, 4) is 11.4 Å². The number of aromatic nitrogens is 3. The molecule has 0 saturated carbocycles. The molecule has 0 atom stereocenters. The highest BCUT2D eigenvalue weighted by atomic mass is 16.5. The maximum atomic E-state index is 11.9.